The number of hydrogen-bond acceptors (Lipinski definition) is 4. The molecule has 0 fully saturated rings. The molecule has 0 aliphatic heterocycles. The molecule has 1 aromatic heterocycles. The fraction of sp³-hybridized carbons (Fsp3) is 0.286. The Morgan fingerprint density at radius 2 is 2.22 bits per heavy atom. The molecule has 4 nitrogen and oxygen atoms in total. The van der Waals surface area contributed by atoms with Crippen LogP contribution in [0.4, 0.5) is 0 Å². The van der Waals surface area contributed by atoms with Gasteiger partial charge in [-0.2, -0.15) is 0 Å². The van der Waals surface area contributed by atoms with E-state index in [9.17, 15) is 4.79 Å². The summed E-state index contributed by atoms with van der Waals surface area (Å²) >= 11 is 0. The summed E-state index contributed by atoms with van der Waals surface area (Å²) in [6.07, 6.45) is 1.73. The largest absolute Gasteiger partial charge is 0.462 e. The molecule has 0 saturated heterocycles. The minimum atomic E-state index is -0.300. The number of aromatic nitrogens is 1. The first-order chi connectivity index (χ1) is 8.77. The lowest BCUT2D eigenvalue weighted by molar-refractivity contribution is 0.0528. The summed E-state index contributed by atoms with van der Waals surface area (Å²) in [4.78, 5) is 16.2. The molecule has 0 unspecified atom stereocenters. The Morgan fingerprint density at radius 1 is 1.39 bits per heavy atom. The average molecular weight is 244 g/mol. The van der Waals surface area contributed by atoms with Gasteiger partial charge in [0.15, 0.2) is 0 Å². The maximum atomic E-state index is 11.9. The molecule has 18 heavy (non-hydrogen) atoms. The van der Waals surface area contributed by atoms with Crippen LogP contribution in [0.2, 0.25) is 0 Å². The molecule has 0 bridgehead atoms. The molecule has 0 aliphatic rings. The number of hydrogen-bond donors (Lipinski definition) is 1. The molecule has 2 rings (SSSR count). The molecule has 1 heterocycles. The highest BCUT2D eigenvalue weighted by Crippen LogP contribution is 2.21. The molecule has 0 atom stereocenters. The van der Waals surface area contributed by atoms with Gasteiger partial charge in [-0.15, -0.1) is 0 Å². The first-order valence-corrected chi connectivity index (χ1v) is 5.96. The van der Waals surface area contributed by atoms with Crippen molar-refractivity contribution in [1.29, 1.82) is 0 Å². The zero-order chi connectivity index (χ0) is 13.0. The Labute approximate surface area is 106 Å². The molecular weight excluding hydrogens is 228 g/mol. The van der Waals surface area contributed by atoms with Gasteiger partial charge >= 0.3 is 5.97 Å². The smallest absolute Gasteiger partial charge is 0.338 e. The van der Waals surface area contributed by atoms with Crippen LogP contribution in [0, 0.1) is 0 Å². The van der Waals surface area contributed by atoms with E-state index >= 15 is 0 Å². The van der Waals surface area contributed by atoms with Gasteiger partial charge in [0.1, 0.15) is 0 Å². The van der Waals surface area contributed by atoms with E-state index in [0.717, 1.165) is 23.0 Å². The maximum Gasteiger partial charge on any atom is 0.338 e. The first kappa shape index (κ1) is 12.5. The van der Waals surface area contributed by atoms with E-state index in [2.05, 4.69) is 10.3 Å². The molecule has 0 saturated carbocycles. The predicted molar refractivity (Wildman–Crippen MR) is 70.5 cm³/mol. The van der Waals surface area contributed by atoms with E-state index < -0.39 is 0 Å². The molecule has 1 N–H and O–H groups in total. The summed E-state index contributed by atoms with van der Waals surface area (Å²) in [5.74, 6) is -0.300. The van der Waals surface area contributed by atoms with Crippen LogP contribution in [0.3, 0.4) is 0 Å². The van der Waals surface area contributed by atoms with Gasteiger partial charge in [0.05, 0.1) is 17.7 Å². The van der Waals surface area contributed by atoms with Crippen molar-refractivity contribution in [3.8, 4) is 0 Å². The Morgan fingerprint density at radius 3 is 2.94 bits per heavy atom. The number of nitrogens with zero attached hydrogens (tertiary/aromatic N) is 1. The highest BCUT2D eigenvalue weighted by molar-refractivity contribution is 6.04. The summed E-state index contributed by atoms with van der Waals surface area (Å²) in [5.41, 5.74) is 2.48. The van der Waals surface area contributed by atoms with Crippen LogP contribution in [0.1, 0.15) is 22.8 Å². The third-order valence-corrected chi connectivity index (χ3v) is 2.72. The molecular formula is C14H16N2O2. The van der Waals surface area contributed by atoms with Crippen LogP contribution in [0.5, 0.6) is 0 Å². The maximum absolute atomic E-state index is 11.9. The third kappa shape index (κ3) is 2.33. The van der Waals surface area contributed by atoms with Crippen molar-refractivity contribution < 1.29 is 9.53 Å². The second-order valence-electron chi connectivity index (χ2n) is 3.92. The van der Waals surface area contributed by atoms with Crippen molar-refractivity contribution in [2.75, 3.05) is 13.7 Å². The lowest BCUT2D eigenvalue weighted by Crippen LogP contribution is -2.09. The van der Waals surface area contributed by atoms with Crippen molar-refractivity contribution in [2.24, 2.45) is 0 Å². The monoisotopic (exact) mass is 244 g/mol. The molecule has 0 aliphatic carbocycles. The minimum absolute atomic E-state index is 0.300. The molecule has 94 valence electrons. The highest BCUT2D eigenvalue weighted by atomic mass is 16.5. The summed E-state index contributed by atoms with van der Waals surface area (Å²) in [5, 5.41) is 3.93. The van der Waals surface area contributed by atoms with Gasteiger partial charge in [-0.3, -0.25) is 4.98 Å². The van der Waals surface area contributed by atoms with Crippen molar-refractivity contribution in [1.82, 2.24) is 10.3 Å². The Balaban J connectivity index is 2.57. The summed E-state index contributed by atoms with van der Waals surface area (Å²) in [7, 11) is 1.88. The normalized spacial score (nSPS) is 10.6. The number of nitrogens with one attached hydrogen (secondary N) is 1. The second kappa shape index (κ2) is 5.60. The fourth-order valence-electron chi connectivity index (χ4n) is 1.95. The van der Waals surface area contributed by atoms with Crippen molar-refractivity contribution in [3.63, 3.8) is 0 Å². The predicted octanol–water partition coefficient (Wildman–Crippen LogP) is 2.13. The van der Waals surface area contributed by atoms with Crippen molar-refractivity contribution in [2.45, 2.75) is 13.5 Å². The molecule has 0 radical (unpaired) electrons. The number of esters is 1. The van der Waals surface area contributed by atoms with Crippen LogP contribution in [-0.4, -0.2) is 24.6 Å². The van der Waals surface area contributed by atoms with Gasteiger partial charge in [-0.25, -0.2) is 4.79 Å². The topological polar surface area (TPSA) is 51.2 Å². The molecule has 0 amide bonds. The van der Waals surface area contributed by atoms with E-state index in [1.54, 1.807) is 19.2 Å². The SMILES string of the molecule is CCOC(=O)c1ccc(CNC)c2ncccc12. The number of carbonyl (C=O) groups is 1. The van der Waals surface area contributed by atoms with Crippen LogP contribution >= 0.6 is 0 Å². The summed E-state index contributed by atoms with van der Waals surface area (Å²) in [6.45, 7) is 2.89. The number of pyridine rings is 1. The number of benzene rings is 1. The standard InChI is InChI=1S/C14H16N2O2/c1-3-18-14(17)12-7-6-10(9-15-2)13-11(12)5-4-8-16-13/h4-8,15H,3,9H2,1-2H3. The fourth-order valence-corrected chi connectivity index (χ4v) is 1.95. The van der Waals surface area contributed by atoms with E-state index in [0.29, 0.717) is 12.2 Å². The van der Waals surface area contributed by atoms with E-state index in [4.69, 9.17) is 4.74 Å². The van der Waals surface area contributed by atoms with Gasteiger partial charge in [-0.1, -0.05) is 12.1 Å². The van der Waals surface area contributed by atoms with Gasteiger partial charge in [-0.05, 0) is 31.7 Å². The molecule has 0 spiro atoms. The lowest BCUT2D eigenvalue weighted by Gasteiger charge is -2.09. The van der Waals surface area contributed by atoms with E-state index in [1.807, 2.05) is 25.2 Å². The highest BCUT2D eigenvalue weighted by Gasteiger charge is 2.13. The van der Waals surface area contributed by atoms with Gasteiger partial charge in [0, 0.05) is 18.1 Å². The van der Waals surface area contributed by atoms with Crippen LogP contribution < -0.4 is 5.32 Å². The van der Waals surface area contributed by atoms with Gasteiger partial charge in [0.2, 0.25) is 0 Å². The van der Waals surface area contributed by atoms with Crippen LogP contribution in [0.15, 0.2) is 30.5 Å². The summed E-state index contributed by atoms with van der Waals surface area (Å²) in [6, 6.07) is 7.44. The summed E-state index contributed by atoms with van der Waals surface area (Å²) < 4.78 is 5.05. The van der Waals surface area contributed by atoms with Gasteiger partial charge < -0.3 is 10.1 Å². The van der Waals surface area contributed by atoms with Crippen LogP contribution in [0.25, 0.3) is 10.9 Å². The number of rotatable bonds is 4. The Hall–Kier alpha value is -1.94. The Kier molecular flexibility index (Phi) is 3.89. The quantitative estimate of drug-likeness (QED) is 0.837. The number of ether oxygens (including phenoxy) is 1. The lowest BCUT2D eigenvalue weighted by atomic mass is 10.0. The second-order valence-corrected chi connectivity index (χ2v) is 3.92. The average Bonchev–Trinajstić information content (AvgIpc) is 2.39. The molecule has 1 aromatic carbocycles. The number of carbonyl (C=O) groups excluding carboxylic acids is 1. The zero-order valence-corrected chi connectivity index (χ0v) is 10.6. The first-order valence-electron chi connectivity index (χ1n) is 5.96. The molecule has 2 aromatic rings. The molecule has 4 heteroatoms. The zero-order valence-electron chi connectivity index (χ0n) is 10.6. The van der Waals surface area contributed by atoms with Crippen molar-refractivity contribution >= 4 is 16.9 Å². The van der Waals surface area contributed by atoms with Crippen LogP contribution in [-0.2, 0) is 11.3 Å². The van der Waals surface area contributed by atoms with E-state index in [1.165, 1.54) is 0 Å². The van der Waals surface area contributed by atoms with Crippen molar-refractivity contribution in [3.05, 3.63) is 41.6 Å². The van der Waals surface area contributed by atoms with E-state index in [-0.39, 0.29) is 5.97 Å². The number of fused-ring (bicyclic) bond motifs is 1. The third-order valence-electron chi connectivity index (χ3n) is 2.72. The van der Waals surface area contributed by atoms with Gasteiger partial charge in [0.25, 0.3) is 0 Å². The minimum Gasteiger partial charge on any atom is -0.462 e. The Bertz CT molecular complexity index is 567.